The summed E-state index contributed by atoms with van der Waals surface area (Å²) in [6.07, 6.45) is 0. The maximum Gasteiger partial charge on any atom is 0.240 e. The van der Waals surface area contributed by atoms with Gasteiger partial charge in [0.25, 0.3) is 0 Å². The fourth-order valence-electron chi connectivity index (χ4n) is 1.36. The molecule has 5 nitrogen and oxygen atoms in total. The third kappa shape index (κ3) is 3.47. The Hall–Kier alpha value is -1.55. The number of aliphatic hydroxyl groups is 1. The minimum absolute atomic E-state index is 0.118. The summed E-state index contributed by atoms with van der Waals surface area (Å²) in [5, 5.41) is 8.66. The van der Waals surface area contributed by atoms with Gasteiger partial charge in [0.15, 0.2) is 0 Å². The molecule has 0 atom stereocenters. The van der Waals surface area contributed by atoms with Crippen LogP contribution in [0.1, 0.15) is 12.5 Å². The van der Waals surface area contributed by atoms with Gasteiger partial charge in [-0.15, -0.1) is 0 Å². The Morgan fingerprint density at radius 3 is 2.72 bits per heavy atom. The molecule has 1 aromatic rings. The van der Waals surface area contributed by atoms with Crippen LogP contribution >= 0.6 is 0 Å². The van der Waals surface area contributed by atoms with E-state index in [4.69, 9.17) is 9.84 Å². The molecule has 0 aromatic heterocycles. The van der Waals surface area contributed by atoms with Crippen molar-refractivity contribution < 1.29 is 18.3 Å². The molecular weight excluding hydrogens is 254 g/mol. The zero-order valence-corrected chi connectivity index (χ0v) is 11.0. The van der Waals surface area contributed by atoms with Gasteiger partial charge in [0.1, 0.15) is 12.4 Å². The molecule has 0 amide bonds. The van der Waals surface area contributed by atoms with E-state index in [1.807, 2.05) is 0 Å². The number of rotatable bonds is 4. The number of hydrogen-bond acceptors (Lipinski definition) is 4. The molecule has 0 fully saturated rings. The zero-order valence-electron chi connectivity index (χ0n) is 10.2. The normalized spacial score (nSPS) is 10.6. The molecule has 0 radical (unpaired) electrons. The van der Waals surface area contributed by atoms with Crippen LogP contribution in [0.3, 0.4) is 0 Å². The van der Waals surface area contributed by atoms with Crippen LogP contribution in [-0.2, 0) is 10.0 Å². The minimum atomic E-state index is -3.52. The molecule has 1 rings (SSSR count). The summed E-state index contributed by atoms with van der Waals surface area (Å²) in [6.45, 7) is 1.72. The second-order valence-electron chi connectivity index (χ2n) is 3.32. The average molecular weight is 269 g/mol. The first kappa shape index (κ1) is 14.5. The highest BCUT2D eigenvalue weighted by Crippen LogP contribution is 2.21. The summed E-state index contributed by atoms with van der Waals surface area (Å²) in [7, 11) is -2.05. The van der Waals surface area contributed by atoms with Crippen LogP contribution in [0.25, 0.3) is 0 Å². The molecule has 18 heavy (non-hydrogen) atoms. The van der Waals surface area contributed by atoms with Crippen molar-refractivity contribution in [1.29, 1.82) is 0 Å². The van der Waals surface area contributed by atoms with Crippen LogP contribution in [0.5, 0.6) is 5.75 Å². The Balaban J connectivity index is 3.26. The molecule has 0 unspecified atom stereocenters. The van der Waals surface area contributed by atoms with Crippen molar-refractivity contribution in [2.75, 3.05) is 20.3 Å². The van der Waals surface area contributed by atoms with Crippen LogP contribution in [0, 0.1) is 11.8 Å². The maximum atomic E-state index is 11.8. The van der Waals surface area contributed by atoms with Crippen molar-refractivity contribution in [3.8, 4) is 17.6 Å². The van der Waals surface area contributed by atoms with E-state index in [0.29, 0.717) is 17.9 Å². The summed E-state index contributed by atoms with van der Waals surface area (Å²) in [6, 6.07) is 4.39. The molecule has 0 saturated carbocycles. The van der Waals surface area contributed by atoms with Gasteiger partial charge in [-0.3, -0.25) is 0 Å². The van der Waals surface area contributed by atoms with Gasteiger partial charge in [-0.25, -0.2) is 13.1 Å². The lowest BCUT2D eigenvalue weighted by Gasteiger charge is -2.07. The standard InChI is InChI=1S/C12H15NO4S/c1-3-13-18(15,16)11-6-7-12(17-2)10(9-11)5-4-8-14/h6-7,9,13-14H,3,8H2,1-2H3. The highest BCUT2D eigenvalue weighted by molar-refractivity contribution is 7.89. The number of nitrogens with one attached hydrogen (secondary N) is 1. The summed E-state index contributed by atoms with van der Waals surface area (Å²) >= 11 is 0. The fourth-order valence-corrected chi connectivity index (χ4v) is 2.43. The molecule has 0 bridgehead atoms. The topological polar surface area (TPSA) is 75.6 Å². The summed E-state index contributed by atoms with van der Waals surface area (Å²) < 4.78 is 31.1. The Labute approximate surface area is 107 Å². The number of sulfonamides is 1. The van der Waals surface area contributed by atoms with E-state index in [2.05, 4.69) is 16.6 Å². The number of ether oxygens (including phenoxy) is 1. The molecule has 1 aromatic carbocycles. The highest BCUT2D eigenvalue weighted by atomic mass is 32.2. The van der Waals surface area contributed by atoms with Crippen LogP contribution in [0.4, 0.5) is 0 Å². The van der Waals surface area contributed by atoms with Crippen molar-refractivity contribution in [1.82, 2.24) is 4.72 Å². The van der Waals surface area contributed by atoms with Gasteiger partial charge in [-0.05, 0) is 18.2 Å². The largest absolute Gasteiger partial charge is 0.495 e. The molecule has 0 aliphatic heterocycles. The van der Waals surface area contributed by atoms with Crippen molar-refractivity contribution >= 4 is 10.0 Å². The summed E-state index contributed by atoms with van der Waals surface area (Å²) in [5.41, 5.74) is 0.422. The zero-order chi connectivity index (χ0) is 13.6. The number of hydrogen-bond donors (Lipinski definition) is 2. The van der Waals surface area contributed by atoms with Gasteiger partial charge in [0.05, 0.1) is 17.6 Å². The number of benzene rings is 1. The van der Waals surface area contributed by atoms with E-state index in [9.17, 15) is 8.42 Å². The van der Waals surface area contributed by atoms with Gasteiger partial charge >= 0.3 is 0 Å². The van der Waals surface area contributed by atoms with E-state index in [0.717, 1.165) is 0 Å². The van der Waals surface area contributed by atoms with E-state index in [1.165, 1.54) is 25.3 Å². The predicted octanol–water partition coefficient (Wildman–Crippen LogP) is 0.337. The first-order chi connectivity index (χ1) is 8.55. The molecule has 0 aliphatic rings. The van der Waals surface area contributed by atoms with Crippen LogP contribution in [-0.4, -0.2) is 33.8 Å². The minimum Gasteiger partial charge on any atom is -0.495 e. The molecule has 0 aliphatic carbocycles. The second-order valence-corrected chi connectivity index (χ2v) is 5.09. The quantitative estimate of drug-likeness (QED) is 0.773. The molecule has 0 spiro atoms. The first-order valence-electron chi connectivity index (χ1n) is 5.32. The Bertz CT molecular complexity index is 569. The van der Waals surface area contributed by atoms with E-state index >= 15 is 0 Å². The lowest BCUT2D eigenvalue weighted by Crippen LogP contribution is -2.23. The SMILES string of the molecule is CCNS(=O)(=O)c1ccc(OC)c(C#CCO)c1. The Kier molecular flexibility index (Phi) is 5.16. The van der Waals surface area contributed by atoms with E-state index in [-0.39, 0.29) is 11.5 Å². The Morgan fingerprint density at radius 2 is 2.17 bits per heavy atom. The van der Waals surface area contributed by atoms with Crippen LogP contribution in [0.2, 0.25) is 0 Å². The van der Waals surface area contributed by atoms with Crippen LogP contribution in [0.15, 0.2) is 23.1 Å². The lowest BCUT2D eigenvalue weighted by molar-refractivity contribution is 0.350. The van der Waals surface area contributed by atoms with Crippen LogP contribution < -0.4 is 9.46 Å². The van der Waals surface area contributed by atoms with E-state index < -0.39 is 10.0 Å². The third-order valence-corrected chi connectivity index (χ3v) is 3.66. The molecule has 2 N–H and O–H groups in total. The smallest absolute Gasteiger partial charge is 0.240 e. The maximum absolute atomic E-state index is 11.8. The molecule has 98 valence electrons. The summed E-state index contributed by atoms with van der Waals surface area (Å²) in [4.78, 5) is 0.118. The van der Waals surface area contributed by atoms with Crippen molar-refractivity contribution in [3.63, 3.8) is 0 Å². The van der Waals surface area contributed by atoms with Crippen molar-refractivity contribution in [2.24, 2.45) is 0 Å². The fraction of sp³-hybridized carbons (Fsp3) is 0.333. The predicted molar refractivity (Wildman–Crippen MR) is 67.8 cm³/mol. The van der Waals surface area contributed by atoms with Crippen molar-refractivity contribution in [3.05, 3.63) is 23.8 Å². The highest BCUT2D eigenvalue weighted by Gasteiger charge is 2.14. The van der Waals surface area contributed by atoms with Gasteiger partial charge in [0.2, 0.25) is 10.0 Å². The van der Waals surface area contributed by atoms with Gasteiger partial charge in [-0.1, -0.05) is 18.8 Å². The lowest BCUT2D eigenvalue weighted by atomic mass is 10.2. The first-order valence-corrected chi connectivity index (χ1v) is 6.81. The number of aliphatic hydroxyl groups excluding tert-OH is 1. The summed E-state index contributed by atoms with van der Waals surface area (Å²) in [5.74, 6) is 5.58. The van der Waals surface area contributed by atoms with E-state index in [1.54, 1.807) is 6.92 Å². The van der Waals surface area contributed by atoms with Gasteiger partial charge in [-0.2, -0.15) is 0 Å². The second kappa shape index (κ2) is 6.40. The molecule has 6 heteroatoms. The molecule has 0 heterocycles. The average Bonchev–Trinajstić information content (AvgIpc) is 2.35. The monoisotopic (exact) mass is 269 g/mol. The Morgan fingerprint density at radius 1 is 1.44 bits per heavy atom. The van der Waals surface area contributed by atoms with Gasteiger partial charge in [0, 0.05) is 6.54 Å². The number of methoxy groups -OCH3 is 1. The third-order valence-electron chi connectivity index (χ3n) is 2.12. The van der Waals surface area contributed by atoms with Gasteiger partial charge < -0.3 is 9.84 Å². The van der Waals surface area contributed by atoms with Crippen molar-refractivity contribution in [2.45, 2.75) is 11.8 Å². The molecular formula is C12H15NO4S. The molecule has 0 saturated heterocycles.